The normalized spacial score (nSPS) is 18.8. The summed E-state index contributed by atoms with van der Waals surface area (Å²) >= 11 is 6.28. The predicted molar refractivity (Wildman–Crippen MR) is 151 cm³/mol. The Morgan fingerprint density at radius 1 is 0.976 bits per heavy atom. The summed E-state index contributed by atoms with van der Waals surface area (Å²) in [6, 6.07) is 14.6. The van der Waals surface area contributed by atoms with Crippen LogP contribution in [0.15, 0.2) is 54.6 Å². The van der Waals surface area contributed by atoms with Crippen LogP contribution in [0.2, 0.25) is 5.02 Å². The number of benzene rings is 3. The molecule has 0 aliphatic carbocycles. The Bertz CT molecular complexity index is 1490. The summed E-state index contributed by atoms with van der Waals surface area (Å²) in [6.07, 6.45) is -0.590. The van der Waals surface area contributed by atoms with Crippen LogP contribution >= 0.6 is 11.6 Å². The molecule has 2 atom stereocenters. The Balaban J connectivity index is 1.49. The van der Waals surface area contributed by atoms with Gasteiger partial charge in [-0.15, -0.1) is 0 Å². The molecule has 3 aromatic carbocycles. The third kappa shape index (κ3) is 6.17. The molecule has 3 heterocycles. The van der Waals surface area contributed by atoms with Gasteiger partial charge in [-0.1, -0.05) is 23.7 Å². The van der Waals surface area contributed by atoms with Crippen LogP contribution in [-0.4, -0.2) is 68.7 Å². The second-order valence-corrected chi connectivity index (χ2v) is 10.2. The summed E-state index contributed by atoms with van der Waals surface area (Å²) in [6.45, 7) is 2.26. The number of methoxy groups -OCH3 is 2. The van der Waals surface area contributed by atoms with Crippen molar-refractivity contribution in [2.24, 2.45) is 0 Å². The number of halogens is 1. The van der Waals surface area contributed by atoms with Crippen LogP contribution in [0.5, 0.6) is 23.0 Å². The maximum atomic E-state index is 13.4. The van der Waals surface area contributed by atoms with Crippen molar-refractivity contribution in [1.82, 2.24) is 15.5 Å². The molecule has 10 nitrogen and oxygen atoms in total. The van der Waals surface area contributed by atoms with Gasteiger partial charge in [-0.05, 0) is 60.5 Å². The molecule has 3 aliphatic rings. The van der Waals surface area contributed by atoms with Gasteiger partial charge in [-0.3, -0.25) is 14.4 Å². The van der Waals surface area contributed by atoms with Crippen LogP contribution < -0.4 is 29.6 Å². The first-order chi connectivity index (χ1) is 19.7. The van der Waals surface area contributed by atoms with Crippen molar-refractivity contribution in [3.8, 4) is 23.0 Å². The lowest BCUT2D eigenvalue weighted by atomic mass is 10.1. The lowest BCUT2D eigenvalue weighted by Crippen LogP contribution is -2.45. The smallest absolute Gasteiger partial charge is 0.258 e. The number of hydrogen-bond donors (Lipinski definition) is 2. The van der Waals surface area contributed by atoms with Crippen molar-refractivity contribution < 1.29 is 33.3 Å². The van der Waals surface area contributed by atoms with Crippen molar-refractivity contribution in [1.29, 1.82) is 0 Å². The fraction of sp³-hybridized carbons (Fsp3) is 0.300. The van der Waals surface area contributed by atoms with Crippen molar-refractivity contribution in [3.63, 3.8) is 0 Å². The molecule has 0 aromatic heterocycles. The van der Waals surface area contributed by atoms with Gasteiger partial charge in [0.2, 0.25) is 0 Å². The van der Waals surface area contributed by atoms with Gasteiger partial charge in [0.05, 0.1) is 26.8 Å². The molecule has 0 spiro atoms. The van der Waals surface area contributed by atoms with E-state index < -0.39 is 18.1 Å². The van der Waals surface area contributed by atoms with Crippen LogP contribution in [0.25, 0.3) is 0 Å². The van der Waals surface area contributed by atoms with Crippen molar-refractivity contribution in [2.75, 3.05) is 33.9 Å². The molecule has 2 N–H and O–H groups in total. The predicted octanol–water partition coefficient (Wildman–Crippen LogP) is 3.38. The van der Waals surface area contributed by atoms with Crippen LogP contribution in [0, 0.1) is 6.92 Å². The third-order valence-corrected chi connectivity index (χ3v) is 7.48. The molecule has 3 aliphatic heterocycles. The number of carbonyl (C=O) groups excluding carboxylic acids is 3. The molecule has 0 saturated carbocycles. The SMILES string of the molecule is COc1ccc2cc1OCC(=O)NCc1ccc(c(OC)c1)O[C@H]1CN(C(=O)c3ccc(C)c(Cl)c3)C[C@@H]1NC2=O. The van der Waals surface area contributed by atoms with Crippen molar-refractivity contribution in [3.05, 3.63) is 81.9 Å². The Hall–Kier alpha value is -4.44. The highest BCUT2D eigenvalue weighted by molar-refractivity contribution is 6.31. The summed E-state index contributed by atoms with van der Waals surface area (Å²) in [4.78, 5) is 41.0. The van der Waals surface area contributed by atoms with Crippen LogP contribution in [-0.2, 0) is 11.3 Å². The van der Waals surface area contributed by atoms with E-state index in [1.165, 1.54) is 20.3 Å². The number of hydrogen-bond acceptors (Lipinski definition) is 7. The van der Waals surface area contributed by atoms with E-state index in [0.717, 1.165) is 11.1 Å². The van der Waals surface area contributed by atoms with Gasteiger partial charge in [-0.25, -0.2) is 0 Å². The fourth-order valence-corrected chi connectivity index (χ4v) is 4.95. The zero-order chi connectivity index (χ0) is 29.1. The first-order valence-electron chi connectivity index (χ1n) is 13.0. The average molecular weight is 580 g/mol. The number of nitrogens with one attached hydrogen (secondary N) is 2. The minimum Gasteiger partial charge on any atom is -0.493 e. The number of carbonyl (C=O) groups is 3. The lowest BCUT2D eigenvalue weighted by Gasteiger charge is -2.22. The molecular formula is C30H30ClN3O7. The van der Waals surface area contributed by atoms with E-state index >= 15 is 0 Å². The fourth-order valence-electron chi connectivity index (χ4n) is 4.77. The maximum Gasteiger partial charge on any atom is 0.258 e. The number of ether oxygens (including phenoxy) is 4. The summed E-state index contributed by atoms with van der Waals surface area (Å²) < 4.78 is 23.0. The minimum atomic E-state index is -0.590. The third-order valence-electron chi connectivity index (χ3n) is 7.07. The molecule has 214 valence electrons. The van der Waals surface area contributed by atoms with E-state index in [4.69, 9.17) is 30.5 Å². The number of fused-ring (bicyclic) bond motifs is 7. The second-order valence-electron chi connectivity index (χ2n) is 9.83. The largest absolute Gasteiger partial charge is 0.493 e. The number of likely N-dealkylation sites (tertiary alicyclic amines) is 1. The molecule has 0 unspecified atom stereocenters. The highest BCUT2D eigenvalue weighted by Crippen LogP contribution is 2.32. The zero-order valence-corrected chi connectivity index (χ0v) is 23.6. The summed E-state index contributed by atoms with van der Waals surface area (Å²) in [7, 11) is 2.99. The molecule has 3 amide bonds. The number of rotatable bonds is 3. The Labute approximate surface area is 242 Å². The molecule has 11 heteroatoms. The molecular weight excluding hydrogens is 550 g/mol. The zero-order valence-electron chi connectivity index (χ0n) is 22.9. The lowest BCUT2D eigenvalue weighted by molar-refractivity contribution is -0.123. The van der Waals surface area contributed by atoms with E-state index in [-0.39, 0.29) is 43.8 Å². The molecule has 1 fully saturated rings. The van der Waals surface area contributed by atoms with E-state index in [1.807, 2.05) is 13.0 Å². The Morgan fingerprint density at radius 2 is 1.78 bits per heavy atom. The first kappa shape index (κ1) is 28.1. The van der Waals surface area contributed by atoms with Gasteiger partial charge in [0, 0.05) is 29.2 Å². The molecule has 1 saturated heterocycles. The summed E-state index contributed by atoms with van der Waals surface area (Å²) in [5, 5.41) is 6.32. The molecule has 3 aromatic rings. The van der Waals surface area contributed by atoms with Crippen molar-refractivity contribution in [2.45, 2.75) is 25.6 Å². The van der Waals surface area contributed by atoms with Gasteiger partial charge in [0.15, 0.2) is 29.6 Å². The standard InChI is InChI=1S/C30H30ClN3O7/c1-17-4-6-20(11-21(17)31)30(37)34-14-22-27(15-34)41-24-8-5-18(10-25(24)39-3)13-32-28(35)16-40-26-12-19(29(36)33-22)7-9-23(26)38-2/h4-12,22,27H,13-16H2,1-3H3,(H,32,35)(H,33,36)/t22-,27-/m0/s1. The highest BCUT2D eigenvalue weighted by atomic mass is 35.5. The Morgan fingerprint density at radius 3 is 2.54 bits per heavy atom. The maximum absolute atomic E-state index is 13.4. The van der Waals surface area contributed by atoms with Crippen LogP contribution in [0.3, 0.4) is 0 Å². The molecule has 6 rings (SSSR count). The minimum absolute atomic E-state index is 0.207. The van der Waals surface area contributed by atoms with E-state index in [2.05, 4.69) is 10.6 Å². The molecule has 0 radical (unpaired) electrons. The van der Waals surface area contributed by atoms with E-state index in [0.29, 0.717) is 33.4 Å². The average Bonchev–Trinajstić information content (AvgIpc) is 3.37. The summed E-state index contributed by atoms with van der Waals surface area (Å²) in [5.74, 6) is 0.547. The van der Waals surface area contributed by atoms with Gasteiger partial charge < -0.3 is 34.5 Å². The monoisotopic (exact) mass is 579 g/mol. The molecule has 4 bridgehead atoms. The van der Waals surface area contributed by atoms with Gasteiger partial charge in [0.1, 0.15) is 6.10 Å². The first-order valence-corrected chi connectivity index (χ1v) is 13.4. The summed E-state index contributed by atoms with van der Waals surface area (Å²) in [5.41, 5.74) is 2.40. The van der Waals surface area contributed by atoms with Crippen LogP contribution in [0.4, 0.5) is 0 Å². The van der Waals surface area contributed by atoms with E-state index in [1.54, 1.807) is 47.4 Å². The van der Waals surface area contributed by atoms with Gasteiger partial charge in [0.25, 0.3) is 17.7 Å². The number of aryl methyl sites for hydroxylation is 1. The van der Waals surface area contributed by atoms with E-state index in [9.17, 15) is 14.4 Å². The van der Waals surface area contributed by atoms with Gasteiger partial charge in [-0.2, -0.15) is 0 Å². The Kier molecular flexibility index (Phi) is 8.21. The topological polar surface area (TPSA) is 115 Å². The molecule has 41 heavy (non-hydrogen) atoms. The number of amides is 3. The van der Waals surface area contributed by atoms with Crippen molar-refractivity contribution >= 4 is 29.3 Å². The highest BCUT2D eigenvalue weighted by Gasteiger charge is 2.39. The van der Waals surface area contributed by atoms with Gasteiger partial charge >= 0.3 is 0 Å². The number of nitrogens with zero attached hydrogens (tertiary/aromatic N) is 1. The quantitative estimate of drug-likeness (QED) is 0.489. The van der Waals surface area contributed by atoms with Crippen LogP contribution in [0.1, 0.15) is 31.8 Å². The second kappa shape index (κ2) is 12.0.